The van der Waals surface area contributed by atoms with Crippen molar-refractivity contribution in [2.45, 2.75) is 32.4 Å². The summed E-state index contributed by atoms with van der Waals surface area (Å²) >= 11 is 3.39. The molecule has 0 spiro atoms. The van der Waals surface area contributed by atoms with E-state index in [2.05, 4.69) is 21.2 Å². The minimum absolute atomic E-state index is 0.0167. The second-order valence-corrected chi connectivity index (χ2v) is 6.27. The van der Waals surface area contributed by atoms with Gasteiger partial charge in [-0.3, -0.25) is 0 Å². The minimum Gasteiger partial charge on any atom is -0.393 e. The fraction of sp³-hybridized carbons (Fsp3) is 0.533. The van der Waals surface area contributed by atoms with E-state index in [-0.39, 0.29) is 12.1 Å². The Labute approximate surface area is 128 Å². The summed E-state index contributed by atoms with van der Waals surface area (Å²) in [6.07, 6.45) is 1.48. The lowest BCUT2D eigenvalue weighted by molar-refractivity contribution is 0.0798. The summed E-state index contributed by atoms with van der Waals surface area (Å²) in [6, 6.07) is 7.90. The number of urea groups is 1. The number of likely N-dealkylation sites (tertiary alicyclic amines) is 1. The van der Waals surface area contributed by atoms with Crippen molar-refractivity contribution in [3.05, 3.63) is 34.3 Å². The summed E-state index contributed by atoms with van der Waals surface area (Å²) in [4.78, 5) is 13.9. The van der Waals surface area contributed by atoms with E-state index in [1.54, 1.807) is 0 Å². The van der Waals surface area contributed by atoms with Gasteiger partial charge in [-0.2, -0.15) is 0 Å². The summed E-state index contributed by atoms with van der Waals surface area (Å²) in [5.74, 6) is 0.325. The maximum atomic E-state index is 12.1. The average molecular weight is 341 g/mol. The summed E-state index contributed by atoms with van der Waals surface area (Å²) in [7, 11) is 0. The van der Waals surface area contributed by atoms with Crippen LogP contribution in [0.5, 0.6) is 0 Å². The normalized spacial score (nSPS) is 17.9. The number of halogens is 1. The zero-order chi connectivity index (χ0) is 14.5. The predicted molar refractivity (Wildman–Crippen MR) is 82.4 cm³/mol. The van der Waals surface area contributed by atoms with Crippen LogP contribution in [0.1, 0.15) is 25.3 Å². The fourth-order valence-electron chi connectivity index (χ4n) is 2.48. The van der Waals surface area contributed by atoms with Crippen LogP contribution in [0.2, 0.25) is 0 Å². The quantitative estimate of drug-likeness (QED) is 0.888. The van der Waals surface area contributed by atoms with Crippen LogP contribution in [0.25, 0.3) is 0 Å². The van der Waals surface area contributed by atoms with E-state index < -0.39 is 0 Å². The monoisotopic (exact) mass is 340 g/mol. The number of hydrogen-bond donors (Lipinski definition) is 2. The second-order valence-electron chi connectivity index (χ2n) is 5.35. The largest absolute Gasteiger partial charge is 0.393 e. The van der Waals surface area contributed by atoms with Crippen LogP contribution in [-0.4, -0.2) is 35.2 Å². The SMILES string of the molecule is CC(O)C1CCN(C(=O)NCc2ccc(Br)cc2)CC1. The predicted octanol–water partition coefficient (Wildman–Crippen LogP) is 2.75. The first-order chi connectivity index (χ1) is 9.56. The maximum absolute atomic E-state index is 12.1. The number of rotatable bonds is 3. The molecule has 0 radical (unpaired) electrons. The summed E-state index contributed by atoms with van der Waals surface area (Å²) in [6.45, 7) is 3.82. The zero-order valence-corrected chi connectivity index (χ0v) is 13.3. The Morgan fingerprint density at radius 2 is 2.00 bits per heavy atom. The van der Waals surface area contributed by atoms with Crippen molar-refractivity contribution in [1.82, 2.24) is 10.2 Å². The molecule has 4 nitrogen and oxygen atoms in total. The molecule has 1 aromatic carbocycles. The molecule has 2 N–H and O–H groups in total. The molecule has 1 atom stereocenters. The average Bonchev–Trinajstić information content (AvgIpc) is 2.46. The van der Waals surface area contributed by atoms with Gasteiger partial charge in [0.1, 0.15) is 0 Å². The van der Waals surface area contributed by atoms with Crippen molar-refractivity contribution >= 4 is 22.0 Å². The number of amides is 2. The van der Waals surface area contributed by atoms with Gasteiger partial charge in [-0.25, -0.2) is 4.79 Å². The lowest BCUT2D eigenvalue weighted by Gasteiger charge is -2.33. The molecule has 1 aliphatic rings. The minimum atomic E-state index is -0.275. The van der Waals surface area contributed by atoms with Gasteiger partial charge in [0, 0.05) is 24.1 Å². The van der Waals surface area contributed by atoms with Crippen LogP contribution in [0.3, 0.4) is 0 Å². The molecule has 2 amide bonds. The lowest BCUT2D eigenvalue weighted by Crippen LogP contribution is -2.45. The molecule has 1 heterocycles. The van der Waals surface area contributed by atoms with Gasteiger partial charge >= 0.3 is 6.03 Å². The summed E-state index contributed by atoms with van der Waals surface area (Å²) < 4.78 is 1.03. The second kappa shape index (κ2) is 7.09. The third-order valence-corrected chi connectivity index (χ3v) is 4.39. The van der Waals surface area contributed by atoms with Crippen molar-refractivity contribution in [3.8, 4) is 0 Å². The number of carbonyl (C=O) groups is 1. The number of aliphatic hydroxyl groups is 1. The number of nitrogens with one attached hydrogen (secondary N) is 1. The Bertz CT molecular complexity index is 440. The van der Waals surface area contributed by atoms with Crippen LogP contribution in [-0.2, 0) is 6.54 Å². The molecule has 0 aliphatic carbocycles. The third-order valence-electron chi connectivity index (χ3n) is 3.87. The maximum Gasteiger partial charge on any atom is 0.317 e. The molecule has 0 saturated carbocycles. The summed E-state index contributed by atoms with van der Waals surface area (Å²) in [5.41, 5.74) is 1.08. The number of aliphatic hydroxyl groups excluding tert-OH is 1. The molecule has 1 fully saturated rings. The highest BCUT2D eigenvalue weighted by molar-refractivity contribution is 9.10. The summed E-state index contributed by atoms with van der Waals surface area (Å²) in [5, 5.41) is 12.5. The highest BCUT2D eigenvalue weighted by atomic mass is 79.9. The van der Waals surface area contributed by atoms with E-state index in [4.69, 9.17) is 0 Å². The van der Waals surface area contributed by atoms with Gasteiger partial charge in [0.05, 0.1) is 6.10 Å². The zero-order valence-electron chi connectivity index (χ0n) is 11.7. The van der Waals surface area contributed by atoms with Crippen LogP contribution >= 0.6 is 15.9 Å². The number of benzene rings is 1. The van der Waals surface area contributed by atoms with Crippen molar-refractivity contribution in [3.63, 3.8) is 0 Å². The molecule has 0 bridgehead atoms. The fourth-order valence-corrected chi connectivity index (χ4v) is 2.74. The molecule has 1 saturated heterocycles. The Morgan fingerprint density at radius 3 is 2.55 bits per heavy atom. The number of piperidine rings is 1. The van der Waals surface area contributed by atoms with Gasteiger partial charge in [0.2, 0.25) is 0 Å². The molecule has 110 valence electrons. The lowest BCUT2D eigenvalue weighted by atomic mass is 9.92. The molecule has 20 heavy (non-hydrogen) atoms. The van der Waals surface area contributed by atoms with Crippen molar-refractivity contribution < 1.29 is 9.90 Å². The molecular weight excluding hydrogens is 320 g/mol. The Kier molecular flexibility index (Phi) is 5.43. The van der Waals surface area contributed by atoms with E-state index in [9.17, 15) is 9.90 Å². The molecule has 2 rings (SSSR count). The highest BCUT2D eigenvalue weighted by Crippen LogP contribution is 2.20. The number of nitrogens with zero attached hydrogens (tertiary/aromatic N) is 1. The van der Waals surface area contributed by atoms with Gasteiger partial charge in [-0.15, -0.1) is 0 Å². The number of carbonyl (C=O) groups excluding carboxylic acids is 1. The van der Waals surface area contributed by atoms with Crippen LogP contribution in [0.15, 0.2) is 28.7 Å². The van der Waals surface area contributed by atoms with Crippen LogP contribution in [0, 0.1) is 5.92 Å². The Balaban J connectivity index is 1.77. The van der Waals surface area contributed by atoms with Crippen LogP contribution in [0.4, 0.5) is 4.79 Å². The van der Waals surface area contributed by atoms with Crippen molar-refractivity contribution in [2.75, 3.05) is 13.1 Å². The molecule has 5 heteroatoms. The topological polar surface area (TPSA) is 52.6 Å². The standard InChI is InChI=1S/C15H21BrN2O2/c1-11(19)13-6-8-18(9-7-13)15(20)17-10-12-2-4-14(16)5-3-12/h2-5,11,13,19H,6-10H2,1H3,(H,17,20). The first-order valence-electron chi connectivity index (χ1n) is 7.01. The smallest absolute Gasteiger partial charge is 0.317 e. The van der Waals surface area contributed by atoms with E-state index in [1.165, 1.54) is 0 Å². The Hall–Kier alpha value is -1.07. The Morgan fingerprint density at radius 1 is 1.40 bits per heavy atom. The van der Waals surface area contributed by atoms with Gasteiger partial charge in [-0.1, -0.05) is 28.1 Å². The van der Waals surface area contributed by atoms with Crippen molar-refractivity contribution in [2.24, 2.45) is 5.92 Å². The highest BCUT2D eigenvalue weighted by Gasteiger charge is 2.25. The van der Waals surface area contributed by atoms with E-state index >= 15 is 0 Å². The number of hydrogen-bond acceptors (Lipinski definition) is 2. The molecule has 1 aliphatic heterocycles. The first-order valence-corrected chi connectivity index (χ1v) is 7.81. The van der Waals surface area contributed by atoms with Gasteiger partial charge in [0.15, 0.2) is 0 Å². The van der Waals surface area contributed by atoms with Gasteiger partial charge in [-0.05, 0) is 43.4 Å². The van der Waals surface area contributed by atoms with Gasteiger partial charge < -0.3 is 15.3 Å². The molecule has 1 aromatic rings. The third kappa shape index (κ3) is 4.21. The molecule has 0 aromatic heterocycles. The first kappa shape index (κ1) is 15.3. The van der Waals surface area contributed by atoms with E-state index in [0.717, 1.165) is 36.0 Å². The van der Waals surface area contributed by atoms with Gasteiger partial charge in [0.25, 0.3) is 0 Å². The van der Waals surface area contributed by atoms with E-state index in [0.29, 0.717) is 12.5 Å². The molecular formula is C15H21BrN2O2. The molecule has 1 unspecified atom stereocenters. The van der Waals surface area contributed by atoms with E-state index in [1.807, 2.05) is 36.1 Å². The van der Waals surface area contributed by atoms with Crippen LogP contribution < -0.4 is 5.32 Å². The van der Waals surface area contributed by atoms with Crippen molar-refractivity contribution in [1.29, 1.82) is 0 Å².